The summed E-state index contributed by atoms with van der Waals surface area (Å²) in [6.45, 7) is 0. The second-order valence-electron chi connectivity index (χ2n) is 7.36. The van der Waals surface area contributed by atoms with Crippen LogP contribution in [0.2, 0.25) is 0 Å². The molecule has 5 aliphatic rings. The number of carbonyl (C=O) groups excluding carboxylic acids is 1. The highest BCUT2D eigenvalue weighted by Crippen LogP contribution is 2.56. The Morgan fingerprint density at radius 1 is 1.06 bits per heavy atom. The third-order valence-corrected chi connectivity index (χ3v) is 7.10. The van der Waals surface area contributed by atoms with Gasteiger partial charge in [-0.15, -0.1) is 0 Å². The van der Waals surface area contributed by atoms with Gasteiger partial charge in [-0.3, -0.25) is 4.79 Å². The molecule has 2 nitrogen and oxygen atoms in total. The van der Waals surface area contributed by atoms with Gasteiger partial charge in [-0.05, 0) is 68.6 Å². The van der Waals surface area contributed by atoms with E-state index in [4.69, 9.17) is 0 Å². The van der Waals surface area contributed by atoms with E-state index in [1.54, 1.807) is 0 Å². The zero-order valence-electron chi connectivity index (χ0n) is 10.8. The number of carbonyl (C=O) groups is 1. The van der Waals surface area contributed by atoms with Gasteiger partial charge in [0.15, 0.2) is 0 Å². The number of rotatable bonds is 3. The van der Waals surface area contributed by atoms with Gasteiger partial charge in [0, 0.05) is 16.8 Å². The maximum atomic E-state index is 12.6. The van der Waals surface area contributed by atoms with Crippen LogP contribution in [0.5, 0.6) is 0 Å². The predicted molar refractivity (Wildman–Crippen MR) is 74.4 cm³/mol. The molecule has 0 spiro atoms. The molecule has 4 bridgehead atoms. The molecule has 0 atom stereocenters. The van der Waals surface area contributed by atoms with Crippen molar-refractivity contribution in [3.05, 3.63) is 0 Å². The van der Waals surface area contributed by atoms with Crippen LogP contribution in [0.1, 0.15) is 44.9 Å². The second kappa shape index (κ2) is 3.97. The van der Waals surface area contributed by atoms with Crippen LogP contribution in [-0.2, 0) is 4.79 Å². The first kappa shape index (κ1) is 11.7. The molecule has 3 heteroatoms. The third kappa shape index (κ3) is 1.76. The Morgan fingerprint density at radius 3 is 2.06 bits per heavy atom. The Bertz CT molecular complexity index is 349. The summed E-state index contributed by atoms with van der Waals surface area (Å²) in [5.41, 5.74) is 0.131. The lowest BCUT2D eigenvalue weighted by Crippen LogP contribution is -2.53. The monoisotopic (exact) mass is 311 g/mol. The fourth-order valence-electron chi connectivity index (χ4n) is 5.14. The number of halogens is 1. The van der Waals surface area contributed by atoms with E-state index in [9.17, 15) is 4.79 Å². The van der Waals surface area contributed by atoms with Crippen LogP contribution in [-0.4, -0.2) is 16.8 Å². The van der Waals surface area contributed by atoms with Crippen molar-refractivity contribution in [1.29, 1.82) is 0 Å². The zero-order chi connectivity index (χ0) is 12.3. The van der Waals surface area contributed by atoms with Gasteiger partial charge in [0.1, 0.15) is 0 Å². The maximum Gasteiger partial charge on any atom is 0.224 e. The van der Waals surface area contributed by atoms with Crippen LogP contribution in [0.15, 0.2) is 0 Å². The van der Waals surface area contributed by atoms with E-state index in [0.29, 0.717) is 23.7 Å². The van der Waals surface area contributed by atoms with Crippen molar-refractivity contribution < 1.29 is 4.79 Å². The number of alkyl halides is 1. The van der Waals surface area contributed by atoms with E-state index in [1.807, 2.05) is 0 Å². The lowest BCUT2D eigenvalue weighted by molar-refractivity contribution is -0.138. The number of hydrogen-bond donors (Lipinski definition) is 1. The highest BCUT2D eigenvalue weighted by molar-refractivity contribution is 9.09. The number of hydrogen-bond acceptors (Lipinski definition) is 1. The summed E-state index contributed by atoms with van der Waals surface area (Å²) >= 11 is 3.55. The second-order valence-corrected chi connectivity index (χ2v) is 7.92. The molecule has 5 fully saturated rings. The first-order valence-electron chi connectivity index (χ1n) is 7.57. The van der Waals surface area contributed by atoms with Crippen LogP contribution >= 0.6 is 15.9 Å². The van der Waals surface area contributed by atoms with Crippen molar-refractivity contribution in [2.45, 2.75) is 50.5 Å². The van der Waals surface area contributed by atoms with Crippen molar-refractivity contribution in [2.24, 2.45) is 29.6 Å². The largest absolute Gasteiger partial charge is 0.350 e. The molecule has 5 aliphatic carbocycles. The molecule has 100 valence electrons. The molecular formula is C15H22BrNO. The van der Waals surface area contributed by atoms with Gasteiger partial charge in [-0.1, -0.05) is 15.9 Å². The molecule has 1 N–H and O–H groups in total. The molecule has 0 aliphatic heterocycles. The van der Waals surface area contributed by atoms with Gasteiger partial charge in [0.05, 0.1) is 0 Å². The minimum Gasteiger partial charge on any atom is -0.350 e. The van der Waals surface area contributed by atoms with Crippen molar-refractivity contribution >= 4 is 21.8 Å². The smallest absolute Gasteiger partial charge is 0.224 e. The van der Waals surface area contributed by atoms with Gasteiger partial charge in [0.25, 0.3) is 0 Å². The van der Waals surface area contributed by atoms with Crippen LogP contribution in [0.25, 0.3) is 0 Å². The Hall–Kier alpha value is -0.0500. The van der Waals surface area contributed by atoms with Gasteiger partial charge >= 0.3 is 0 Å². The van der Waals surface area contributed by atoms with Crippen LogP contribution in [0.4, 0.5) is 0 Å². The summed E-state index contributed by atoms with van der Waals surface area (Å²) in [6, 6.07) is 0. The van der Waals surface area contributed by atoms with Crippen molar-refractivity contribution in [3.8, 4) is 0 Å². The van der Waals surface area contributed by atoms with E-state index in [0.717, 1.165) is 30.0 Å². The van der Waals surface area contributed by atoms with E-state index in [2.05, 4.69) is 21.2 Å². The fourth-order valence-corrected chi connectivity index (χ4v) is 5.84. The molecule has 0 unspecified atom stereocenters. The fraction of sp³-hybridized carbons (Fsp3) is 0.933. The Balaban J connectivity index is 1.49. The van der Waals surface area contributed by atoms with Crippen molar-refractivity contribution in [1.82, 2.24) is 5.32 Å². The molecule has 0 aromatic heterocycles. The molecule has 5 rings (SSSR count). The summed E-state index contributed by atoms with van der Waals surface area (Å²) in [5, 5.41) is 4.29. The van der Waals surface area contributed by atoms with Gasteiger partial charge in [0.2, 0.25) is 5.91 Å². The van der Waals surface area contributed by atoms with E-state index in [-0.39, 0.29) is 5.54 Å². The van der Waals surface area contributed by atoms with E-state index >= 15 is 0 Å². The predicted octanol–water partition coefficient (Wildman–Crippen LogP) is 3.10. The molecule has 0 aromatic carbocycles. The first-order valence-corrected chi connectivity index (χ1v) is 8.69. The van der Waals surface area contributed by atoms with Gasteiger partial charge < -0.3 is 5.32 Å². The minimum absolute atomic E-state index is 0.131. The third-order valence-electron chi connectivity index (χ3n) is 6.03. The SMILES string of the molecule is O=C(NC1(CBr)CC1)C1C2CC3CC(C2)CC1C3. The Labute approximate surface area is 117 Å². The van der Waals surface area contributed by atoms with Crippen LogP contribution in [0.3, 0.4) is 0 Å². The Morgan fingerprint density at radius 2 is 1.61 bits per heavy atom. The number of nitrogens with one attached hydrogen (secondary N) is 1. The van der Waals surface area contributed by atoms with Crippen LogP contribution < -0.4 is 5.32 Å². The van der Waals surface area contributed by atoms with Gasteiger partial charge in [-0.25, -0.2) is 0 Å². The molecule has 1 amide bonds. The van der Waals surface area contributed by atoms with E-state index < -0.39 is 0 Å². The molecule has 0 aromatic rings. The Kier molecular flexibility index (Phi) is 2.59. The summed E-state index contributed by atoms with van der Waals surface area (Å²) in [5.74, 6) is 4.10. The summed E-state index contributed by atoms with van der Waals surface area (Å²) < 4.78 is 0. The summed E-state index contributed by atoms with van der Waals surface area (Å²) in [7, 11) is 0. The number of amides is 1. The molecular weight excluding hydrogens is 290 g/mol. The van der Waals surface area contributed by atoms with Crippen molar-refractivity contribution in [3.63, 3.8) is 0 Å². The van der Waals surface area contributed by atoms with Crippen LogP contribution in [0, 0.1) is 29.6 Å². The minimum atomic E-state index is 0.131. The van der Waals surface area contributed by atoms with Gasteiger partial charge in [-0.2, -0.15) is 0 Å². The summed E-state index contributed by atoms with van der Waals surface area (Å²) in [6.07, 6.45) is 9.15. The average Bonchev–Trinajstić information content (AvgIpc) is 3.08. The molecule has 0 radical (unpaired) electrons. The molecule has 18 heavy (non-hydrogen) atoms. The van der Waals surface area contributed by atoms with E-state index in [1.165, 1.54) is 32.1 Å². The lowest BCUT2D eigenvalue weighted by atomic mass is 9.51. The normalized spacial score (nSPS) is 47.1. The highest BCUT2D eigenvalue weighted by Gasteiger charge is 2.52. The lowest BCUT2D eigenvalue weighted by Gasteiger charge is -2.53. The highest BCUT2D eigenvalue weighted by atomic mass is 79.9. The maximum absolute atomic E-state index is 12.6. The van der Waals surface area contributed by atoms with Crippen molar-refractivity contribution in [2.75, 3.05) is 5.33 Å². The molecule has 0 saturated heterocycles. The zero-order valence-corrected chi connectivity index (χ0v) is 12.4. The molecule has 5 saturated carbocycles. The standard InChI is InChI=1S/C15H22BrNO/c16-8-15(1-2-15)17-14(18)13-11-4-9-3-10(6-11)7-12(13)5-9/h9-13H,1-8H2,(H,17,18). The topological polar surface area (TPSA) is 29.1 Å². The summed E-state index contributed by atoms with van der Waals surface area (Å²) in [4.78, 5) is 12.6. The average molecular weight is 312 g/mol. The quantitative estimate of drug-likeness (QED) is 0.797. The first-order chi connectivity index (χ1) is 8.69. The molecule has 0 heterocycles.